The monoisotopic (exact) mass is 215 g/mol. The molecule has 1 aliphatic rings. The summed E-state index contributed by atoms with van der Waals surface area (Å²) in [5.74, 6) is 0. The zero-order chi connectivity index (χ0) is 10.2. The van der Waals surface area contributed by atoms with Crippen LogP contribution in [-0.2, 0) is 4.29 Å². The van der Waals surface area contributed by atoms with Crippen LogP contribution in [0.3, 0.4) is 0 Å². The van der Waals surface area contributed by atoms with Gasteiger partial charge in [-0.25, -0.2) is 0 Å². The molecule has 5 nitrogen and oxygen atoms in total. The van der Waals surface area contributed by atoms with E-state index in [0.717, 1.165) is 0 Å². The van der Waals surface area contributed by atoms with Gasteiger partial charge in [0, 0.05) is 5.56 Å². The van der Waals surface area contributed by atoms with Gasteiger partial charge in [0.1, 0.15) is 0 Å². The van der Waals surface area contributed by atoms with Crippen LogP contribution in [0.1, 0.15) is 11.7 Å². The minimum absolute atomic E-state index is 0.583. The van der Waals surface area contributed by atoms with Crippen LogP contribution in [0.4, 0.5) is 5.69 Å². The Labute approximate surface area is 82.0 Å². The maximum absolute atomic E-state index is 10.3. The summed E-state index contributed by atoms with van der Waals surface area (Å²) in [6.07, 6.45) is 0.392. The molecule has 0 aromatic heterocycles. The van der Waals surface area contributed by atoms with Crippen molar-refractivity contribution in [3.8, 4) is 0 Å². The number of aliphatic imine (C=N–C) groups is 1. The van der Waals surface area contributed by atoms with Crippen LogP contribution >= 0.6 is 0 Å². The largest absolute Gasteiger partial charge is 0.275 e. The summed E-state index contributed by atoms with van der Waals surface area (Å²) < 4.78 is 35.3. The van der Waals surface area contributed by atoms with E-state index in [1.807, 2.05) is 0 Å². The zero-order valence-corrected chi connectivity index (χ0v) is 7.68. The van der Waals surface area contributed by atoms with Gasteiger partial charge in [-0.1, -0.05) is 18.2 Å². The molecule has 1 heterocycles. The van der Waals surface area contributed by atoms with E-state index in [1.54, 1.807) is 24.3 Å². The second-order valence-corrected chi connectivity index (χ2v) is 3.66. The first-order valence-electron chi connectivity index (χ1n) is 3.78. The molecule has 1 atom stereocenters. The van der Waals surface area contributed by atoms with E-state index < -0.39 is 16.3 Å². The summed E-state index contributed by atoms with van der Waals surface area (Å²) in [4.78, 5) is 3.91. The second-order valence-electron chi connectivity index (χ2n) is 2.72. The fraction of sp³-hybridized carbons (Fsp3) is 0.125. The summed E-state index contributed by atoms with van der Waals surface area (Å²) in [5, 5.41) is 0. The third-order valence-electron chi connectivity index (χ3n) is 1.80. The number of halogens is 1. The van der Waals surface area contributed by atoms with Crippen molar-refractivity contribution in [1.29, 1.82) is 0 Å². The Morgan fingerprint density at radius 2 is 1.93 bits per heavy atom. The molecule has 0 bridgehead atoms. The van der Waals surface area contributed by atoms with Gasteiger partial charge in [-0.15, -0.1) is 0 Å². The van der Waals surface area contributed by atoms with E-state index >= 15 is 0 Å². The highest BCUT2D eigenvalue weighted by molar-refractivity contribution is 5.78. The molecule has 1 unspecified atom stereocenters. The van der Waals surface area contributed by atoms with Crippen LogP contribution in [0.25, 0.3) is 0 Å². The molecule has 0 N–H and O–H groups in total. The minimum Gasteiger partial charge on any atom is -0.257 e. The Kier molecular flexibility index (Phi) is 2.26. The third kappa shape index (κ3) is 1.92. The van der Waals surface area contributed by atoms with Gasteiger partial charge in [0.25, 0.3) is 6.10 Å². The number of fused-ring (bicyclic) bond motifs is 1. The quantitative estimate of drug-likeness (QED) is 0.592. The Morgan fingerprint density at radius 1 is 1.21 bits per heavy atom. The Balaban J connectivity index is 2.23. The van der Waals surface area contributed by atoms with E-state index in [0.29, 0.717) is 11.3 Å². The molecular weight excluding hydrogens is 210 g/mol. The first-order valence-corrected chi connectivity index (χ1v) is 5.02. The number of nitrogens with zero attached hydrogens (tertiary/aromatic N) is 1. The normalized spacial score (nSPS) is 19.8. The Morgan fingerprint density at radius 3 is 2.64 bits per heavy atom. The lowest BCUT2D eigenvalue weighted by molar-refractivity contribution is -1.92. The lowest BCUT2D eigenvalue weighted by Crippen LogP contribution is -2.61. The van der Waals surface area contributed by atoms with Gasteiger partial charge in [-0.05, 0) is 6.07 Å². The first kappa shape index (κ1) is 9.57. The number of hydrogen-bond donors (Lipinski definition) is 0. The minimum atomic E-state index is -4.42. The van der Waals surface area contributed by atoms with Crippen LogP contribution in [0.2, 0.25) is 0 Å². The van der Waals surface area contributed by atoms with Crippen molar-refractivity contribution in [3.05, 3.63) is 29.8 Å². The average molecular weight is 216 g/mol. The molecule has 0 spiro atoms. The van der Waals surface area contributed by atoms with E-state index in [4.69, 9.17) is 0 Å². The van der Waals surface area contributed by atoms with Gasteiger partial charge in [0.15, 0.2) is 0 Å². The van der Waals surface area contributed by atoms with Gasteiger partial charge in [0.05, 0.1) is 26.4 Å². The average Bonchev–Trinajstić information content (AvgIpc) is 2.47. The first-order chi connectivity index (χ1) is 6.56. The Hall–Kier alpha value is -0.980. The summed E-state index contributed by atoms with van der Waals surface area (Å²) >= 11 is 0. The number of benzene rings is 1. The summed E-state index contributed by atoms with van der Waals surface area (Å²) in [5.41, 5.74) is 1.20. The van der Waals surface area contributed by atoms with Crippen molar-refractivity contribution in [3.63, 3.8) is 0 Å². The third-order valence-corrected chi connectivity index (χ3v) is 2.21. The second kappa shape index (κ2) is 3.30. The summed E-state index contributed by atoms with van der Waals surface area (Å²) in [6, 6.07) is 6.86. The highest BCUT2D eigenvalue weighted by Gasteiger charge is 2.33. The molecule has 2 rings (SSSR count). The van der Waals surface area contributed by atoms with Crippen LogP contribution in [0.15, 0.2) is 29.3 Å². The molecular formula is C8H6ClNO4. The summed E-state index contributed by atoms with van der Waals surface area (Å²) in [7, 11) is -4.42. The topological polar surface area (TPSA) is 90.8 Å². The molecule has 0 fully saturated rings. The number of para-hydroxylation sites is 1. The highest BCUT2D eigenvalue weighted by atomic mass is 35.7. The summed E-state index contributed by atoms with van der Waals surface area (Å²) in [6.45, 7) is 0. The van der Waals surface area contributed by atoms with Crippen molar-refractivity contribution in [2.45, 2.75) is 6.10 Å². The number of hydrogen-bond acceptors (Lipinski definition) is 5. The van der Waals surface area contributed by atoms with Gasteiger partial charge in [0.2, 0.25) is 0 Å². The molecule has 14 heavy (non-hydrogen) atoms. The molecule has 1 aromatic carbocycles. The maximum Gasteiger partial charge on any atom is 0.275 e. The van der Waals surface area contributed by atoms with Gasteiger partial charge in [-0.3, -0.25) is 4.99 Å². The molecule has 74 valence electrons. The Bertz CT molecular complexity index is 374. The smallest absolute Gasteiger partial charge is 0.257 e. The molecule has 0 radical (unpaired) electrons. The van der Waals surface area contributed by atoms with E-state index in [-0.39, 0.29) is 0 Å². The fourth-order valence-electron chi connectivity index (χ4n) is 1.26. The predicted molar refractivity (Wildman–Crippen MR) is 38.4 cm³/mol. The SMILES string of the molecule is [O-][Cl+3]([O-])([O-])OC1C=Nc2ccccc21. The molecule has 1 aliphatic heterocycles. The van der Waals surface area contributed by atoms with Gasteiger partial charge >= 0.3 is 0 Å². The maximum atomic E-state index is 10.3. The molecule has 1 aromatic rings. The lowest BCUT2D eigenvalue weighted by atomic mass is 10.1. The highest BCUT2D eigenvalue weighted by Crippen LogP contribution is 2.33. The van der Waals surface area contributed by atoms with Crippen LogP contribution < -0.4 is 14.0 Å². The van der Waals surface area contributed by atoms with E-state index in [2.05, 4.69) is 9.28 Å². The lowest BCUT2D eigenvalue weighted by Gasteiger charge is -2.15. The van der Waals surface area contributed by atoms with Crippen molar-refractivity contribution in [1.82, 2.24) is 0 Å². The van der Waals surface area contributed by atoms with Crippen LogP contribution in [0, 0.1) is 10.2 Å². The number of rotatable bonds is 2. The van der Waals surface area contributed by atoms with Crippen molar-refractivity contribution in [2.75, 3.05) is 0 Å². The molecule has 6 heteroatoms. The zero-order valence-electron chi connectivity index (χ0n) is 6.92. The predicted octanol–water partition coefficient (Wildman–Crippen LogP) is -1.64. The fourth-order valence-corrected chi connectivity index (χ4v) is 1.64. The van der Waals surface area contributed by atoms with Crippen molar-refractivity contribution >= 4 is 11.9 Å². The van der Waals surface area contributed by atoms with Crippen molar-refractivity contribution in [2.24, 2.45) is 4.99 Å². The van der Waals surface area contributed by atoms with E-state index in [9.17, 15) is 14.0 Å². The molecule has 0 saturated carbocycles. The van der Waals surface area contributed by atoms with Crippen molar-refractivity contribution < 1.29 is 28.5 Å². The molecule has 0 aliphatic carbocycles. The van der Waals surface area contributed by atoms with Crippen LogP contribution in [0.5, 0.6) is 0 Å². The molecule has 0 saturated heterocycles. The standard InChI is InChI=1S/C8H6ClNO4/c11-9(12,13)14-8-5-10-7-4-2-1-3-6(7)8/h1-5,8H. The van der Waals surface area contributed by atoms with E-state index in [1.165, 1.54) is 6.21 Å². The van der Waals surface area contributed by atoms with Gasteiger partial charge in [-0.2, -0.15) is 14.0 Å². The van der Waals surface area contributed by atoms with Crippen LogP contribution in [-0.4, -0.2) is 6.21 Å². The molecule has 0 amide bonds. The van der Waals surface area contributed by atoms with Gasteiger partial charge < -0.3 is 0 Å².